The number of nitrogens with zero attached hydrogens (tertiary/aromatic N) is 2. The lowest BCUT2D eigenvalue weighted by Crippen LogP contribution is -2.48. The van der Waals surface area contributed by atoms with E-state index in [1.165, 1.54) is 17.0 Å². The van der Waals surface area contributed by atoms with Crippen molar-refractivity contribution in [3.8, 4) is 0 Å². The van der Waals surface area contributed by atoms with Crippen LogP contribution >= 0.6 is 0 Å². The number of fused-ring (bicyclic) bond motifs is 1. The van der Waals surface area contributed by atoms with Gasteiger partial charge in [-0.25, -0.2) is 17.9 Å². The maximum Gasteiger partial charge on any atom is 0.335 e. The van der Waals surface area contributed by atoms with E-state index in [4.69, 9.17) is 0 Å². The highest BCUT2D eigenvalue weighted by molar-refractivity contribution is 7.90. The normalized spacial score (nSPS) is 14.2. The summed E-state index contributed by atoms with van der Waals surface area (Å²) < 4.78 is 27.0. The molecule has 126 valence electrons. The number of carbonyl (C=O) groups excluding carboxylic acids is 1. The number of rotatable bonds is 2. The van der Waals surface area contributed by atoms with Crippen molar-refractivity contribution >= 4 is 27.4 Å². The maximum absolute atomic E-state index is 12.5. The Bertz CT molecular complexity index is 863. The molecule has 0 aromatic heterocycles. The van der Waals surface area contributed by atoms with Crippen LogP contribution in [0, 0.1) is 6.92 Å². The molecular weight excluding hydrogens is 326 g/mol. The van der Waals surface area contributed by atoms with Gasteiger partial charge >= 0.3 is 6.03 Å². The van der Waals surface area contributed by atoms with Gasteiger partial charge in [0.1, 0.15) is 0 Å². The van der Waals surface area contributed by atoms with Gasteiger partial charge in [0.05, 0.1) is 16.3 Å². The van der Waals surface area contributed by atoms with Gasteiger partial charge in [0.15, 0.2) is 0 Å². The molecule has 0 spiro atoms. The summed E-state index contributed by atoms with van der Waals surface area (Å²) in [4.78, 5) is 16.1. The van der Waals surface area contributed by atoms with Crippen LogP contribution in [0.5, 0.6) is 0 Å². The molecule has 2 aromatic carbocycles. The van der Waals surface area contributed by atoms with Crippen LogP contribution in [0.3, 0.4) is 0 Å². The molecule has 0 radical (unpaired) electrons. The lowest BCUT2D eigenvalue weighted by atomic mass is 10.2. The Hall–Kier alpha value is -2.54. The highest BCUT2D eigenvalue weighted by Gasteiger charge is 2.28. The first-order chi connectivity index (χ1) is 11.4. The first kappa shape index (κ1) is 16.3. The Labute approximate surface area is 141 Å². The Kier molecular flexibility index (Phi) is 4.19. The number of para-hydroxylation sites is 2. The van der Waals surface area contributed by atoms with Crippen molar-refractivity contribution < 1.29 is 13.2 Å². The summed E-state index contributed by atoms with van der Waals surface area (Å²) in [6.45, 7) is 2.92. The van der Waals surface area contributed by atoms with E-state index in [9.17, 15) is 13.2 Å². The molecule has 0 bridgehead atoms. The zero-order chi connectivity index (χ0) is 17.3. The molecule has 0 aliphatic carbocycles. The van der Waals surface area contributed by atoms with E-state index in [1.807, 2.05) is 43.1 Å². The molecule has 1 aliphatic rings. The highest BCUT2D eigenvalue weighted by atomic mass is 32.2. The quantitative estimate of drug-likeness (QED) is 0.907. The van der Waals surface area contributed by atoms with Crippen LogP contribution in [0.1, 0.15) is 5.56 Å². The molecular formula is C17H19N3O3S. The molecule has 0 saturated heterocycles. The van der Waals surface area contributed by atoms with Crippen molar-refractivity contribution in [2.75, 3.05) is 29.9 Å². The van der Waals surface area contributed by atoms with Crippen molar-refractivity contribution in [3.63, 3.8) is 0 Å². The first-order valence-electron chi connectivity index (χ1n) is 7.59. The Morgan fingerprint density at radius 1 is 1.00 bits per heavy atom. The monoisotopic (exact) mass is 345 g/mol. The van der Waals surface area contributed by atoms with Crippen molar-refractivity contribution in [2.24, 2.45) is 0 Å². The summed E-state index contributed by atoms with van der Waals surface area (Å²) in [7, 11) is -1.95. The molecule has 2 aromatic rings. The largest absolute Gasteiger partial charge is 0.371 e. The summed E-state index contributed by atoms with van der Waals surface area (Å²) in [5.41, 5.74) is 2.54. The topological polar surface area (TPSA) is 69.7 Å². The lowest BCUT2D eigenvalue weighted by molar-refractivity contribution is 0.251. The number of carbonyl (C=O) groups is 1. The van der Waals surface area contributed by atoms with Crippen LogP contribution in [0.4, 0.5) is 16.2 Å². The number of sulfonamides is 1. The predicted molar refractivity (Wildman–Crippen MR) is 94.0 cm³/mol. The van der Waals surface area contributed by atoms with Gasteiger partial charge < -0.3 is 4.90 Å². The second-order valence-corrected chi connectivity index (χ2v) is 7.47. The van der Waals surface area contributed by atoms with Gasteiger partial charge in [0.25, 0.3) is 10.0 Å². The lowest BCUT2D eigenvalue weighted by Gasteiger charge is -2.35. The van der Waals surface area contributed by atoms with Crippen LogP contribution in [0.15, 0.2) is 53.4 Å². The molecule has 1 N–H and O–H groups in total. The number of aryl methyl sites for hydroxylation is 1. The van der Waals surface area contributed by atoms with Crippen LogP contribution in [-0.2, 0) is 10.0 Å². The molecule has 1 aliphatic heterocycles. The summed E-state index contributed by atoms with van der Waals surface area (Å²) >= 11 is 0. The number of nitrogens with one attached hydrogen (secondary N) is 1. The SMILES string of the molecule is Cc1ccc(S(=O)(=O)NC(=O)N2CCN(C)c3ccccc32)cc1. The average molecular weight is 345 g/mol. The summed E-state index contributed by atoms with van der Waals surface area (Å²) in [5, 5.41) is 0. The molecule has 2 amide bonds. The third kappa shape index (κ3) is 3.07. The number of amides is 2. The fourth-order valence-corrected chi connectivity index (χ4v) is 3.62. The van der Waals surface area contributed by atoms with E-state index >= 15 is 0 Å². The Morgan fingerprint density at radius 3 is 2.29 bits per heavy atom. The Balaban J connectivity index is 1.85. The summed E-state index contributed by atoms with van der Waals surface area (Å²) in [6, 6.07) is 13.2. The number of benzene rings is 2. The minimum Gasteiger partial charge on any atom is -0.371 e. The smallest absolute Gasteiger partial charge is 0.335 e. The van der Waals surface area contributed by atoms with Gasteiger partial charge in [-0.2, -0.15) is 0 Å². The minimum absolute atomic E-state index is 0.0730. The van der Waals surface area contributed by atoms with Gasteiger partial charge in [0.2, 0.25) is 0 Å². The highest BCUT2D eigenvalue weighted by Crippen LogP contribution is 2.31. The molecule has 7 heteroatoms. The first-order valence-corrected chi connectivity index (χ1v) is 9.08. The van der Waals surface area contributed by atoms with Crippen LogP contribution in [0.2, 0.25) is 0 Å². The fraction of sp³-hybridized carbons (Fsp3) is 0.235. The summed E-state index contributed by atoms with van der Waals surface area (Å²) in [5.74, 6) is 0. The molecule has 0 fully saturated rings. The standard InChI is InChI=1S/C17H19N3O3S/c1-13-7-9-14(10-8-13)24(22,23)18-17(21)20-12-11-19(2)15-5-3-4-6-16(15)20/h3-10H,11-12H2,1-2H3,(H,18,21). The van der Waals surface area contributed by atoms with Crippen LogP contribution < -0.4 is 14.5 Å². The van der Waals surface area contributed by atoms with Crippen molar-refractivity contribution in [2.45, 2.75) is 11.8 Å². The number of anilines is 2. The van der Waals surface area contributed by atoms with Gasteiger partial charge in [-0.1, -0.05) is 29.8 Å². The van der Waals surface area contributed by atoms with E-state index in [1.54, 1.807) is 12.1 Å². The summed E-state index contributed by atoms with van der Waals surface area (Å²) in [6.07, 6.45) is 0. The molecule has 3 rings (SSSR count). The van der Waals surface area contributed by atoms with E-state index in [0.29, 0.717) is 18.8 Å². The van der Waals surface area contributed by atoms with E-state index in [0.717, 1.165) is 11.3 Å². The van der Waals surface area contributed by atoms with E-state index < -0.39 is 16.1 Å². The number of hydrogen-bond acceptors (Lipinski definition) is 4. The number of hydrogen-bond donors (Lipinski definition) is 1. The third-order valence-electron chi connectivity index (χ3n) is 4.04. The van der Waals surface area contributed by atoms with Crippen molar-refractivity contribution in [3.05, 3.63) is 54.1 Å². The second-order valence-electron chi connectivity index (χ2n) is 5.79. The predicted octanol–water partition coefficient (Wildman–Crippen LogP) is 2.35. The van der Waals surface area contributed by atoms with Gasteiger partial charge in [-0.05, 0) is 31.2 Å². The molecule has 0 saturated carbocycles. The molecule has 24 heavy (non-hydrogen) atoms. The molecule has 0 unspecified atom stereocenters. The van der Waals surface area contributed by atoms with Gasteiger partial charge in [0, 0.05) is 20.1 Å². The van der Waals surface area contributed by atoms with Crippen LogP contribution in [-0.4, -0.2) is 34.6 Å². The minimum atomic E-state index is -3.90. The van der Waals surface area contributed by atoms with Crippen LogP contribution in [0.25, 0.3) is 0 Å². The van der Waals surface area contributed by atoms with Gasteiger partial charge in [-0.15, -0.1) is 0 Å². The van der Waals surface area contributed by atoms with E-state index in [2.05, 4.69) is 4.72 Å². The molecule has 0 atom stereocenters. The zero-order valence-corrected chi connectivity index (χ0v) is 14.4. The molecule has 6 nitrogen and oxygen atoms in total. The average Bonchev–Trinajstić information content (AvgIpc) is 2.55. The van der Waals surface area contributed by atoms with Crippen molar-refractivity contribution in [1.82, 2.24) is 4.72 Å². The third-order valence-corrected chi connectivity index (χ3v) is 5.38. The van der Waals surface area contributed by atoms with Gasteiger partial charge in [-0.3, -0.25) is 4.90 Å². The van der Waals surface area contributed by atoms with Crippen molar-refractivity contribution in [1.29, 1.82) is 0 Å². The Morgan fingerprint density at radius 2 is 1.62 bits per heavy atom. The number of likely N-dealkylation sites (N-methyl/N-ethyl adjacent to an activating group) is 1. The maximum atomic E-state index is 12.5. The van der Waals surface area contributed by atoms with E-state index in [-0.39, 0.29) is 4.90 Å². The second kappa shape index (κ2) is 6.16. The number of urea groups is 1. The fourth-order valence-electron chi connectivity index (χ4n) is 2.66. The molecule has 1 heterocycles. The zero-order valence-electron chi connectivity index (χ0n) is 13.6.